The molecule has 0 aliphatic carbocycles. The lowest BCUT2D eigenvalue weighted by molar-refractivity contribution is -0.116. The van der Waals surface area contributed by atoms with E-state index in [4.69, 9.17) is 21.1 Å². The van der Waals surface area contributed by atoms with Gasteiger partial charge in [0.1, 0.15) is 35.9 Å². The minimum Gasteiger partial charge on any atom is -0.462 e. The van der Waals surface area contributed by atoms with E-state index in [0.29, 0.717) is 0 Å². The van der Waals surface area contributed by atoms with Crippen LogP contribution in [0.4, 0.5) is 38.0 Å². The van der Waals surface area contributed by atoms with Gasteiger partial charge in [-0.2, -0.15) is 26.3 Å². The Morgan fingerprint density at radius 2 is 1.37 bits per heavy atom. The Labute approximate surface area is 201 Å². The highest BCUT2D eigenvalue weighted by molar-refractivity contribution is 6.30. The lowest BCUT2D eigenvalue weighted by Gasteiger charge is -2.12. The summed E-state index contributed by atoms with van der Waals surface area (Å²) in [6, 6.07) is 4.00. The highest BCUT2D eigenvalue weighted by Crippen LogP contribution is 2.21. The molecule has 194 valence electrons. The maximum atomic E-state index is 12.1. The molecule has 8 nitrogen and oxygen atoms in total. The molecule has 0 saturated carbocycles. The number of rotatable bonds is 8. The molecule has 0 atom stereocenters. The van der Waals surface area contributed by atoms with Crippen molar-refractivity contribution in [3.8, 4) is 0 Å². The van der Waals surface area contributed by atoms with Crippen molar-refractivity contribution in [1.82, 2.24) is 9.97 Å². The molecular weight excluding hydrogens is 510 g/mol. The number of carbonyl (C=O) groups is 2. The summed E-state index contributed by atoms with van der Waals surface area (Å²) in [4.78, 5) is 30.2. The van der Waals surface area contributed by atoms with Crippen LogP contribution in [-0.4, -0.2) is 60.6 Å². The number of nitrogens with zero attached hydrogens (tertiary/aromatic N) is 2. The van der Waals surface area contributed by atoms with Crippen LogP contribution in [0.1, 0.15) is 34.6 Å². The largest absolute Gasteiger partial charge is 0.462 e. The number of anilines is 2. The standard InChI is InChI=1S/C10H10ClF3N2O2.C10H11F3N2O2/c1-2-18-9(17)7-3-6(11)4-15-8(7)16-5-10(12,13)14;1-2-17-9(16)7-4-3-5-14-8(7)15-6-10(11,12)13/h3-4H,2,5H2,1H3,(H,15,16);3-5H,2,6H2,1H3,(H,14,15). The third-order valence-electron chi connectivity index (χ3n) is 3.57. The second-order valence-electron chi connectivity index (χ2n) is 6.33. The number of ether oxygens (including phenoxy) is 2. The normalized spacial score (nSPS) is 11.1. The van der Waals surface area contributed by atoms with Crippen molar-refractivity contribution in [2.24, 2.45) is 0 Å². The average molecular weight is 531 g/mol. The smallest absolute Gasteiger partial charge is 0.405 e. The zero-order valence-electron chi connectivity index (χ0n) is 18.4. The summed E-state index contributed by atoms with van der Waals surface area (Å²) < 4.78 is 81.7. The van der Waals surface area contributed by atoms with Gasteiger partial charge in [-0.1, -0.05) is 11.6 Å². The first-order chi connectivity index (χ1) is 16.3. The molecule has 0 aliphatic heterocycles. The van der Waals surface area contributed by atoms with Gasteiger partial charge < -0.3 is 20.1 Å². The van der Waals surface area contributed by atoms with Crippen LogP contribution in [0.3, 0.4) is 0 Å². The summed E-state index contributed by atoms with van der Waals surface area (Å²) in [6.07, 6.45) is -6.35. The SMILES string of the molecule is CCOC(=O)c1cc(Cl)cnc1NCC(F)(F)F.CCOC(=O)c1cccnc1NCC(F)(F)F. The van der Waals surface area contributed by atoms with E-state index in [2.05, 4.69) is 15.3 Å². The maximum Gasteiger partial charge on any atom is 0.405 e. The highest BCUT2D eigenvalue weighted by atomic mass is 35.5. The van der Waals surface area contributed by atoms with Crippen LogP contribution < -0.4 is 10.6 Å². The summed E-state index contributed by atoms with van der Waals surface area (Å²) >= 11 is 5.63. The van der Waals surface area contributed by atoms with E-state index >= 15 is 0 Å². The Kier molecular flexibility index (Phi) is 11.5. The van der Waals surface area contributed by atoms with Crippen LogP contribution in [0.15, 0.2) is 30.6 Å². The van der Waals surface area contributed by atoms with E-state index in [0.717, 1.165) is 6.20 Å². The zero-order chi connectivity index (χ0) is 26.6. The second-order valence-corrected chi connectivity index (χ2v) is 6.76. The molecule has 0 spiro atoms. The molecule has 2 heterocycles. The van der Waals surface area contributed by atoms with Gasteiger partial charge in [-0.15, -0.1) is 0 Å². The number of nitrogens with one attached hydrogen (secondary N) is 2. The third-order valence-corrected chi connectivity index (χ3v) is 3.77. The van der Waals surface area contributed by atoms with Crippen LogP contribution in [0.5, 0.6) is 0 Å². The van der Waals surface area contributed by atoms with Crippen molar-refractivity contribution in [3.05, 3.63) is 46.7 Å². The molecule has 15 heteroatoms. The molecular formula is C20H21ClF6N4O4. The lowest BCUT2D eigenvalue weighted by atomic mass is 10.2. The first-order valence-electron chi connectivity index (χ1n) is 9.83. The quantitative estimate of drug-likeness (QED) is 0.358. The van der Waals surface area contributed by atoms with Crippen molar-refractivity contribution in [1.29, 1.82) is 0 Å². The van der Waals surface area contributed by atoms with Gasteiger partial charge in [0, 0.05) is 12.4 Å². The van der Waals surface area contributed by atoms with Crippen LogP contribution in [0.25, 0.3) is 0 Å². The molecule has 0 amide bonds. The number of carbonyl (C=O) groups excluding carboxylic acids is 2. The van der Waals surface area contributed by atoms with Crippen molar-refractivity contribution >= 4 is 35.2 Å². The molecule has 35 heavy (non-hydrogen) atoms. The van der Waals surface area contributed by atoms with Crippen molar-refractivity contribution in [3.63, 3.8) is 0 Å². The predicted molar refractivity (Wildman–Crippen MR) is 114 cm³/mol. The lowest BCUT2D eigenvalue weighted by Crippen LogP contribution is -2.23. The average Bonchev–Trinajstić information content (AvgIpc) is 2.76. The number of pyridine rings is 2. The zero-order valence-corrected chi connectivity index (χ0v) is 19.1. The molecule has 2 aromatic rings. The number of aromatic nitrogens is 2. The van der Waals surface area contributed by atoms with Gasteiger partial charge in [0.2, 0.25) is 0 Å². The minimum atomic E-state index is -4.41. The fourth-order valence-electron chi connectivity index (χ4n) is 2.23. The van der Waals surface area contributed by atoms with Gasteiger partial charge in [-0.25, -0.2) is 19.6 Å². The molecule has 2 aromatic heterocycles. The topological polar surface area (TPSA) is 102 Å². The monoisotopic (exact) mass is 530 g/mol. The summed E-state index contributed by atoms with van der Waals surface area (Å²) in [7, 11) is 0. The van der Waals surface area contributed by atoms with E-state index in [1.165, 1.54) is 24.4 Å². The minimum absolute atomic E-state index is 0.0152. The van der Waals surface area contributed by atoms with Crippen LogP contribution in [0.2, 0.25) is 5.02 Å². The molecule has 0 aromatic carbocycles. The molecule has 0 saturated heterocycles. The Morgan fingerprint density at radius 1 is 0.886 bits per heavy atom. The van der Waals surface area contributed by atoms with E-state index in [-0.39, 0.29) is 41.0 Å². The van der Waals surface area contributed by atoms with E-state index < -0.39 is 37.4 Å². The summed E-state index contributed by atoms with van der Waals surface area (Å²) in [5.41, 5.74) is -0.146. The second kappa shape index (κ2) is 13.6. The van der Waals surface area contributed by atoms with Gasteiger partial charge in [0.25, 0.3) is 0 Å². The fraction of sp³-hybridized carbons (Fsp3) is 0.400. The molecule has 0 aliphatic rings. The molecule has 0 radical (unpaired) electrons. The number of halogens is 7. The number of hydrogen-bond donors (Lipinski definition) is 2. The molecule has 2 rings (SSSR count). The first kappa shape index (κ1) is 29.7. The summed E-state index contributed by atoms with van der Waals surface area (Å²) in [6.45, 7) is 0.886. The van der Waals surface area contributed by atoms with E-state index in [1.807, 2.05) is 5.32 Å². The molecule has 0 fully saturated rings. The molecule has 0 unspecified atom stereocenters. The van der Waals surface area contributed by atoms with Crippen LogP contribution in [0, 0.1) is 0 Å². The third kappa shape index (κ3) is 11.6. The van der Waals surface area contributed by atoms with Gasteiger partial charge in [0.05, 0.1) is 18.2 Å². The summed E-state index contributed by atoms with van der Waals surface area (Å²) in [5, 5.41) is 4.21. The van der Waals surface area contributed by atoms with Crippen molar-refractivity contribution in [2.75, 3.05) is 36.9 Å². The number of hydrogen-bond acceptors (Lipinski definition) is 8. The van der Waals surface area contributed by atoms with Crippen molar-refractivity contribution < 1.29 is 45.4 Å². The van der Waals surface area contributed by atoms with Crippen LogP contribution in [-0.2, 0) is 9.47 Å². The first-order valence-corrected chi connectivity index (χ1v) is 10.2. The Morgan fingerprint density at radius 3 is 1.86 bits per heavy atom. The van der Waals surface area contributed by atoms with Crippen LogP contribution >= 0.6 is 11.6 Å². The fourth-order valence-corrected chi connectivity index (χ4v) is 2.39. The van der Waals surface area contributed by atoms with E-state index in [9.17, 15) is 35.9 Å². The maximum absolute atomic E-state index is 12.1. The van der Waals surface area contributed by atoms with Gasteiger partial charge >= 0.3 is 24.3 Å². The highest BCUT2D eigenvalue weighted by Gasteiger charge is 2.29. The van der Waals surface area contributed by atoms with Crippen molar-refractivity contribution in [2.45, 2.75) is 26.2 Å². The summed E-state index contributed by atoms with van der Waals surface area (Å²) in [5.74, 6) is -1.83. The number of esters is 2. The van der Waals surface area contributed by atoms with Gasteiger partial charge in [-0.05, 0) is 32.0 Å². The molecule has 2 N–H and O–H groups in total. The van der Waals surface area contributed by atoms with Gasteiger partial charge in [-0.3, -0.25) is 0 Å². The number of alkyl halides is 6. The predicted octanol–water partition coefficient (Wildman–Crippen LogP) is 5.12. The van der Waals surface area contributed by atoms with E-state index in [1.54, 1.807) is 13.8 Å². The molecule has 0 bridgehead atoms. The van der Waals surface area contributed by atoms with Gasteiger partial charge in [0.15, 0.2) is 0 Å². The Hall–Kier alpha value is -3.29. The Bertz CT molecular complexity index is 989. The Balaban J connectivity index is 0.000000351.